The fraction of sp³-hybridized carbons (Fsp3) is 0.125. The van der Waals surface area contributed by atoms with Crippen molar-refractivity contribution in [2.24, 2.45) is 0 Å². The summed E-state index contributed by atoms with van der Waals surface area (Å²) >= 11 is 21.8. The number of amides is 1. The highest BCUT2D eigenvalue weighted by atomic mass is 79.9. The zero-order valence-corrected chi connectivity index (χ0v) is 21.5. The van der Waals surface area contributed by atoms with Crippen LogP contribution < -0.4 is 5.32 Å². The average Bonchev–Trinajstić information content (AvgIpc) is 3.23. The largest absolute Gasteiger partial charge is 0.319 e. The third-order valence-electron chi connectivity index (χ3n) is 4.94. The van der Waals surface area contributed by atoms with Crippen LogP contribution in [0.1, 0.15) is 35.9 Å². The van der Waals surface area contributed by atoms with Gasteiger partial charge in [0.15, 0.2) is 5.82 Å². The van der Waals surface area contributed by atoms with Crippen molar-refractivity contribution in [3.63, 3.8) is 0 Å². The highest BCUT2D eigenvalue weighted by Gasteiger charge is 2.21. The van der Waals surface area contributed by atoms with Gasteiger partial charge in [0.1, 0.15) is 0 Å². The van der Waals surface area contributed by atoms with Crippen LogP contribution in [0.15, 0.2) is 65.1 Å². The van der Waals surface area contributed by atoms with E-state index in [2.05, 4.69) is 45.2 Å². The van der Waals surface area contributed by atoms with Gasteiger partial charge in [0.05, 0.1) is 15.7 Å². The maximum Gasteiger partial charge on any atom is 0.295 e. The van der Waals surface area contributed by atoms with E-state index in [9.17, 15) is 4.79 Å². The quantitative estimate of drug-likeness (QED) is 0.267. The van der Waals surface area contributed by atoms with Gasteiger partial charge >= 0.3 is 0 Å². The van der Waals surface area contributed by atoms with Crippen LogP contribution in [0.5, 0.6) is 0 Å². The van der Waals surface area contributed by atoms with Crippen molar-refractivity contribution >= 4 is 62.3 Å². The van der Waals surface area contributed by atoms with E-state index in [0.29, 0.717) is 32.3 Å². The predicted molar refractivity (Wildman–Crippen MR) is 138 cm³/mol. The standard InChI is InChI=1S/C24H18BrCl3N4O/c1-13(2)18-11-15(25)5-10-21(18)29-24(33)22-30-23(14-3-6-16(26)7-4-14)32(31-22)17-8-9-19(27)20(28)12-17/h3-13H,1-2H3,(H,29,33). The van der Waals surface area contributed by atoms with Crippen molar-refractivity contribution in [3.05, 3.63) is 91.6 Å². The average molecular weight is 565 g/mol. The van der Waals surface area contributed by atoms with E-state index in [1.165, 1.54) is 0 Å². The van der Waals surface area contributed by atoms with Crippen LogP contribution in [0.4, 0.5) is 5.69 Å². The first-order chi connectivity index (χ1) is 15.7. The van der Waals surface area contributed by atoms with Crippen molar-refractivity contribution in [3.8, 4) is 17.1 Å². The molecule has 1 heterocycles. The summed E-state index contributed by atoms with van der Waals surface area (Å²) in [5.74, 6) is 0.274. The molecule has 9 heteroatoms. The Kier molecular flexibility index (Phi) is 7.10. The number of nitrogens with zero attached hydrogens (tertiary/aromatic N) is 3. The molecule has 168 valence electrons. The number of hydrogen-bond donors (Lipinski definition) is 1. The molecule has 0 saturated heterocycles. The van der Waals surface area contributed by atoms with Gasteiger partial charge in [-0.05, 0) is 72.1 Å². The molecule has 0 bridgehead atoms. The van der Waals surface area contributed by atoms with E-state index < -0.39 is 5.91 Å². The molecule has 33 heavy (non-hydrogen) atoms. The lowest BCUT2D eigenvalue weighted by Crippen LogP contribution is -2.16. The molecule has 1 N–H and O–H groups in total. The van der Waals surface area contributed by atoms with E-state index in [4.69, 9.17) is 34.8 Å². The maximum absolute atomic E-state index is 13.1. The molecule has 0 atom stereocenters. The number of halogens is 4. The number of carbonyl (C=O) groups is 1. The molecule has 0 aliphatic rings. The second kappa shape index (κ2) is 9.85. The van der Waals surface area contributed by atoms with Gasteiger partial charge in [-0.3, -0.25) is 4.79 Å². The molecule has 0 fully saturated rings. The minimum Gasteiger partial charge on any atom is -0.319 e. The second-order valence-corrected chi connectivity index (χ2v) is 9.78. The lowest BCUT2D eigenvalue weighted by molar-refractivity contribution is 0.101. The Morgan fingerprint density at radius 1 is 0.970 bits per heavy atom. The number of carbonyl (C=O) groups excluding carboxylic acids is 1. The third kappa shape index (κ3) is 5.25. The summed E-state index contributed by atoms with van der Waals surface area (Å²) in [5.41, 5.74) is 3.06. The number of benzene rings is 3. The lowest BCUT2D eigenvalue weighted by Gasteiger charge is -2.13. The highest BCUT2D eigenvalue weighted by Crippen LogP contribution is 2.30. The van der Waals surface area contributed by atoms with Crippen LogP contribution in [-0.2, 0) is 0 Å². The summed E-state index contributed by atoms with van der Waals surface area (Å²) in [6.07, 6.45) is 0. The predicted octanol–water partition coefficient (Wildman–Crippen LogP) is 8.03. The van der Waals surface area contributed by atoms with E-state index in [1.54, 1.807) is 35.0 Å². The summed E-state index contributed by atoms with van der Waals surface area (Å²) in [5, 5.41) is 8.81. The summed E-state index contributed by atoms with van der Waals surface area (Å²) in [6.45, 7) is 4.13. The van der Waals surface area contributed by atoms with Gasteiger partial charge in [0, 0.05) is 20.7 Å². The monoisotopic (exact) mass is 562 g/mol. The van der Waals surface area contributed by atoms with Gasteiger partial charge in [-0.15, -0.1) is 5.10 Å². The molecule has 4 aromatic rings. The van der Waals surface area contributed by atoms with E-state index >= 15 is 0 Å². The SMILES string of the molecule is CC(C)c1cc(Br)ccc1NC(=O)c1nc(-c2ccc(Cl)cc2)n(-c2ccc(Cl)c(Cl)c2)n1. The molecule has 1 amide bonds. The topological polar surface area (TPSA) is 59.8 Å². The number of aromatic nitrogens is 3. The summed E-state index contributed by atoms with van der Waals surface area (Å²) < 4.78 is 2.50. The Labute approximate surface area is 214 Å². The lowest BCUT2D eigenvalue weighted by atomic mass is 10.0. The number of anilines is 1. The first-order valence-corrected chi connectivity index (χ1v) is 11.9. The maximum atomic E-state index is 13.1. The third-order valence-corrected chi connectivity index (χ3v) is 6.43. The van der Waals surface area contributed by atoms with Gasteiger partial charge in [0.25, 0.3) is 5.91 Å². The first-order valence-electron chi connectivity index (χ1n) is 10.0. The molecule has 0 aliphatic heterocycles. The summed E-state index contributed by atoms with van der Waals surface area (Å²) in [4.78, 5) is 17.7. The van der Waals surface area contributed by atoms with Gasteiger partial charge in [0.2, 0.25) is 5.82 Å². The minimum absolute atomic E-state index is 0.0173. The molecule has 0 saturated carbocycles. The fourth-order valence-electron chi connectivity index (χ4n) is 3.29. The van der Waals surface area contributed by atoms with E-state index in [-0.39, 0.29) is 11.7 Å². The Morgan fingerprint density at radius 2 is 1.70 bits per heavy atom. The molecule has 4 rings (SSSR count). The minimum atomic E-state index is -0.423. The van der Waals surface area contributed by atoms with Gasteiger partial charge in [-0.1, -0.05) is 64.6 Å². The second-order valence-electron chi connectivity index (χ2n) is 7.62. The van der Waals surface area contributed by atoms with Gasteiger partial charge in [-0.25, -0.2) is 9.67 Å². The highest BCUT2D eigenvalue weighted by molar-refractivity contribution is 9.10. The molecule has 0 unspecified atom stereocenters. The van der Waals surface area contributed by atoms with E-state index in [0.717, 1.165) is 15.6 Å². The first kappa shape index (κ1) is 23.8. The summed E-state index contributed by atoms with van der Waals surface area (Å²) in [7, 11) is 0. The van der Waals surface area contributed by atoms with Crippen LogP contribution in [0, 0.1) is 0 Å². The van der Waals surface area contributed by atoms with Crippen molar-refractivity contribution < 1.29 is 4.79 Å². The van der Waals surface area contributed by atoms with Crippen LogP contribution >= 0.6 is 50.7 Å². The van der Waals surface area contributed by atoms with Crippen LogP contribution in [-0.4, -0.2) is 20.7 Å². The summed E-state index contributed by atoms with van der Waals surface area (Å²) in [6, 6.07) is 17.9. The van der Waals surface area contributed by atoms with Crippen molar-refractivity contribution in [1.29, 1.82) is 0 Å². The van der Waals surface area contributed by atoms with E-state index in [1.807, 2.05) is 30.3 Å². The molecular formula is C24H18BrCl3N4O. The smallest absolute Gasteiger partial charge is 0.295 e. The normalized spacial score (nSPS) is 11.1. The van der Waals surface area contributed by atoms with Gasteiger partial charge < -0.3 is 5.32 Å². The number of hydrogen-bond acceptors (Lipinski definition) is 3. The Hall–Kier alpha value is -2.38. The Balaban J connectivity index is 1.77. The van der Waals surface area contributed by atoms with Crippen molar-refractivity contribution in [1.82, 2.24) is 14.8 Å². The number of nitrogens with one attached hydrogen (secondary N) is 1. The molecule has 0 spiro atoms. The van der Waals surface area contributed by atoms with Crippen LogP contribution in [0.2, 0.25) is 15.1 Å². The van der Waals surface area contributed by atoms with Crippen molar-refractivity contribution in [2.75, 3.05) is 5.32 Å². The zero-order chi connectivity index (χ0) is 23.7. The fourth-order valence-corrected chi connectivity index (χ4v) is 4.09. The molecule has 0 radical (unpaired) electrons. The van der Waals surface area contributed by atoms with Crippen LogP contribution in [0.25, 0.3) is 17.1 Å². The number of rotatable bonds is 5. The molecule has 0 aliphatic carbocycles. The molecule has 1 aromatic heterocycles. The van der Waals surface area contributed by atoms with Crippen LogP contribution in [0.3, 0.4) is 0 Å². The molecule has 5 nitrogen and oxygen atoms in total. The van der Waals surface area contributed by atoms with Gasteiger partial charge in [-0.2, -0.15) is 0 Å². The van der Waals surface area contributed by atoms with Crippen molar-refractivity contribution in [2.45, 2.75) is 19.8 Å². The Morgan fingerprint density at radius 3 is 2.36 bits per heavy atom. The molecule has 3 aromatic carbocycles. The zero-order valence-electron chi connectivity index (χ0n) is 17.6. The molecular weight excluding hydrogens is 547 g/mol. The Bertz CT molecular complexity index is 1340.